The van der Waals surface area contributed by atoms with Crippen molar-refractivity contribution in [1.29, 1.82) is 0 Å². The highest BCUT2D eigenvalue weighted by Crippen LogP contribution is 2.52. The highest BCUT2D eigenvalue weighted by molar-refractivity contribution is 6.80. The first-order valence-corrected chi connectivity index (χ1v) is 10.1. The van der Waals surface area contributed by atoms with Crippen molar-refractivity contribution in [3.63, 3.8) is 0 Å². The zero-order valence-corrected chi connectivity index (χ0v) is 14.5. The summed E-state index contributed by atoms with van der Waals surface area (Å²) in [5.74, 6) is -0.892. The van der Waals surface area contributed by atoms with Gasteiger partial charge in [0.25, 0.3) is 0 Å². The lowest BCUT2D eigenvalue weighted by molar-refractivity contribution is -0.176. The molecule has 0 aromatic carbocycles. The number of hydrogen-bond acceptors (Lipinski definition) is 2. The molecule has 1 saturated heterocycles. The van der Waals surface area contributed by atoms with E-state index >= 15 is 0 Å². The number of rotatable bonds is 5. The highest BCUT2D eigenvalue weighted by Gasteiger charge is 2.67. The third-order valence-electron chi connectivity index (χ3n) is 5.24. The largest absolute Gasteiger partial charge is 0.480 e. The number of hydrogen-bond donors (Lipinski definition) is 1. The van der Waals surface area contributed by atoms with E-state index in [-0.39, 0.29) is 10.9 Å². The molecule has 0 aromatic heterocycles. The maximum atomic E-state index is 12.8. The Bertz CT molecular complexity index is 439. The molecule has 0 bridgehead atoms. The molecule has 1 aliphatic rings. The van der Waals surface area contributed by atoms with Gasteiger partial charge in [-0.2, -0.15) is 0 Å². The summed E-state index contributed by atoms with van der Waals surface area (Å²) in [7, 11) is -2.18. The van der Waals surface area contributed by atoms with E-state index in [2.05, 4.69) is 40.4 Å². The molecular weight excluding hydrogens is 270 g/mol. The molecule has 5 heteroatoms. The minimum absolute atomic E-state index is 0.00103. The van der Waals surface area contributed by atoms with Crippen molar-refractivity contribution in [2.24, 2.45) is 5.41 Å². The molecule has 1 amide bonds. The fourth-order valence-corrected chi connectivity index (χ4v) is 5.34. The molecule has 1 fully saturated rings. The van der Waals surface area contributed by atoms with Gasteiger partial charge < -0.3 is 9.67 Å². The van der Waals surface area contributed by atoms with Crippen molar-refractivity contribution < 1.29 is 14.7 Å². The summed E-state index contributed by atoms with van der Waals surface area (Å²) in [5.41, 5.74) is -0.789. The summed E-state index contributed by atoms with van der Waals surface area (Å²) < 4.78 is 1.70. The smallest absolute Gasteiger partial charge is 0.326 e. The highest BCUT2D eigenvalue weighted by atomic mass is 28.3. The average Bonchev–Trinajstić information content (AvgIpc) is 2.29. The van der Waals surface area contributed by atoms with Crippen LogP contribution in [-0.2, 0) is 9.59 Å². The molecule has 4 nitrogen and oxygen atoms in total. The molecule has 0 spiro atoms. The van der Waals surface area contributed by atoms with Gasteiger partial charge in [-0.15, -0.1) is 6.58 Å². The average molecular weight is 297 g/mol. The SMILES string of the molecule is C=CC[C@]1(CC)C(=O)N([Si](C)(C)C(C)(C)C)[C@H]1C(=O)O. The zero-order chi connectivity index (χ0) is 15.9. The Labute approximate surface area is 122 Å². The van der Waals surface area contributed by atoms with Crippen molar-refractivity contribution in [3.8, 4) is 0 Å². The molecule has 1 heterocycles. The quantitative estimate of drug-likeness (QED) is 0.481. The number of carboxylic acids is 1. The predicted octanol–water partition coefficient (Wildman–Crippen LogP) is 3.26. The van der Waals surface area contributed by atoms with Gasteiger partial charge in [-0.3, -0.25) is 4.79 Å². The second-order valence-electron chi connectivity index (χ2n) is 7.23. The molecule has 1 rings (SSSR count). The number of carbonyl (C=O) groups excluding carboxylic acids is 1. The fourth-order valence-electron chi connectivity index (χ4n) is 2.89. The number of allylic oxidation sites excluding steroid dienone is 1. The third kappa shape index (κ3) is 2.12. The molecule has 1 N–H and O–H groups in total. The van der Waals surface area contributed by atoms with Crippen LogP contribution in [0.1, 0.15) is 40.5 Å². The van der Waals surface area contributed by atoms with Crippen LogP contribution in [-0.4, -0.2) is 35.8 Å². The summed E-state index contributed by atoms with van der Waals surface area (Å²) in [5, 5.41) is 9.57. The number of β-lactam (4-membered cyclic amide) rings is 1. The summed E-state index contributed by atoms with van der Waals surface area (Å²) in [6.07, 6.45) is 2.64. The van der Waals surface area contributed by atoms with Crippen LogP contribution in [0.15, 0.2) is 12.7 Å². The Hall–Kier alpha value is -1.10. The van der Waals surface area contributed by atoms with E-state index in [0.29, 0.717) is 12.8 Å². The van der Waals surface area contributed by atoms with Gasteiger partial charge >= 0.3 is 5.97 Å². The van der Waals surface area contributed by atoms with Crippen LogP contribution in [0.25, 0.3) is 0 Å². The maximum Gasteiger partial charge on any atom is 0.326 e. The summed E-state index contributed by atoms with van der Waals surface area (Å²) >= 11 is 0. The second-order valence-corrected chi connectivity index (χ2v) is 12.3. The van der Waals surface area contributed by atoms with E-state index in [0.717, 1.165) is 0 Å². The van der Waals surface area contributed by atoms with Crippen LogP contribution >= 0.6 is 0 Å². The molecule has 2 atom stereocenters. The fraction of sp³-hybridized carbons (Fsp3) is 0.733. The topological polar surface area (TPSA) is 57.6 Å². The number of carboxylic acid groups (broad SMARTS) is 1. The molecule has 1 aliphatic heterocycles. The van der Waals surface area contributed by atoms with Crippen molar-refractivity contribution >= 4 is 20.1 Å². The number of aliphatic carboxylic acids is 1. The lowest BCUT2D eigenvalue weighted by Gasteiger charge is -2.62. The van der Waals surface area contributed by atoms with E-state index in [4.69, 9.17) is 0 Å². The molecule has 0 aromatic rings. The van der Waals surface area contributed by atoms with Gasteiger partial charge in [0.15, 0.2) is 8.24 Å². The Morgan fingerprint density at radius 1 is 1.50 bits per heavy atom. The van der Waals surface area contributed by atoms with Gasteiger partial charge in [0.1, 0.15) is 6.04 Å². The van der Waals surface area contributed by atoms with Gasteiger partial charge in [0, 0.05) is 0 Å². The third-order valence-corrected chi connectivity index (χ3v) is 10.6. The number of amides is 1. The standard InChI is InChI=1S/C15H27NO3Si/c1-8-10-15(9-2)11(12(17)18)16(13(15)19)20(6,7)14(3,4)5/h8,11H,1,9-10H2,2-7H3,(H,17,18)/t11-,15-/m0/s1. The van der Waals surface area contributed by atoms with E-state index in [1.807, 2.05) is 6.92 Å². The minimum Gasteiger partial charge on any atom is -0.480 e. The van der Waals surface area contributed by atoms with Crippen LogP contribution in [0.5, 0.6) is 0 Å². The first-order valence-electron chi connectivity index (χ1n) is 7.15. The van der Waals surface area contributed by atoms with E-state index in [1.165, 1.54) is 0 Å². The van der Waals surface area contributed by atoms with Crippen LogP contribution in [0, 0.1) is 5.41 Å². The van der Waals surface area contributed by atoms with Crippen LogP contribution in [0.2, 0.25) is 18.1 Å². The molecular formula is C15H27NO3Si. The van der Waals surface area contributed by atoms with E-state index in [1.54, 1.807) is 10.6 Å². The summed E-state index contributed by atoms with van der Waals surface area (Å²) in [6.45, 7) is 16.0. The van der Waals surface area contributed by atoms with E-state index < -0.39 is 25.7 Å². The summed E-state index contributed by atoms with van der Waals surface area (Å²) in [4.78, 5) is 24.5. The van der Waals surface area contributed by atoms with Gasteiger partial charge in [0.05, 0.1) is 5.41 Å². The molecule has 114 valence electrons. The van der Waals surface area contributed by atoms with Gasteiger partial charge in [-0.1, -0.05) is 46.9 Å². The van der Waals surface area contributed by atoms with Crippen molar-refractivity contribution in [3.05, 3.63) is 12.7 Å². The van der Waals surface area contributed by atoms with Crippen molar-refractivity contribution in [1.82, 2.24) is 4.57 Å². The lowest BCUT2D eigenvalue weighted by atomic mass is 9.68. The van der Waals surface area contributed by atoms with Gasteiger partial charge in [-0.25, -0.2) is 4.79 Å². The Kier molecular flexibility index (Phi) is 4.26. The Morgan fingerprint density at radius 2 is 2.00 bits per heavy atom. The molecule has 0 unspecified atom stereocenters. The zero-order valence-electron chi connectivity index (χ0n) is 13.5. The molecule has 20 heavy (non-hydrogen) atoms. The molecule has 0 radical (unpaired) electrons. The first-order chi connectivity index (χ1) is 8.97. The molecule has 0 saturated carbocycles. The van der Waals surface area contributed by atoms with Crippen LogP contribution < -0.4 is 0 Å². The van der Waals surface area contributed by atoms with Gasteiger partial charge in [0.2, 0.25) is 5.91 Å². The molecule has 0 aliphatic carbocycles. The van der Waals surface area contributed by atoms with Crippen molar-refractivity contribution in [2.75, 3.05) is 0 Å². The second kappa shape index (κ2) is 5.02. The maximum absolute atomic E-state index is 12.8. The number of nitrogens with zero attached hydrogens (tertiary/aromatic N) is 1. The summed E-state index contributed by atoms with van der Waals surface area (Å²) in [6, 6.07) is -0.709. The monoisotopic (exact) mass is 297 g/mol. The van der Waals surface area contributed by atoms with Crippen molar-refractivity contribution in [2.45, 2.75) is 64.7 Å². The van der Waals surface area contributed by atoms with Crippen LogP contribution in [0.4, 0.5) is 0 Å². The minimum atomic E-state index is -2.18. The Morgan fingerprint density at radius 3 is 2.30 bits per heavy atom. The first kappa shape index (κ1) is 16.9. The van der Waals surface area contributed by atoms with E-state index in [9.17, 15) is 14.7 Å². The Balaban J connectivity index is 3.29. The normalized spacial score (nSPS) is 27.2. The van der Waals surface area contributed by atoms with Crippen LogP contribution in [0.3, 0.4) is 0 Å². The predicted molar refractivity (Wildman–Crippen MR) is 83.0 cm³/mol. The number of carbonyl (C=O) groups is 2. The lowest BCUT2D eigenvalue weighted by Crippen LogP contribution is -2.79. The van der Waals surface area contributed by atoms with Gasteiger partial charge in [-0.05, 0) is 17.9 Å².